The van der Waals surface area contributed by atoms with Crippen molar-refractivity contribution in [3.05, 3.63) is 58.2 Å². The van der Waals surface area contributed by atoms with Gasteiger partial charge in [-0.3, -0.25) is 14.6 Å². The molecule has 2 amide bonds. The number of fused-ring (bicyclic) bond motifs is 2. The van der Waals surface area contributed by atoms with Crippen LogP contribution in [-0.4, -0.2) is 42.4 Å². The number of carbonyl (C=O) groups excluding carboxylic acids is 2. The van der Waals surface area contributed by atoms with Gasteiger partial charge in [0.05, 0.1) is 17.1 Å². The molecule has 8 nitrogen and oxygen atoms in total. The SMILES string of the molecule is CN=c1scc(-c2ccc3c(c2)NC(=O)CO3)n1N=C1C(=O)N(CC(C)C)c2ccccc21. The molecule has 0 saturated heterocycles. The molecule has 168 valence electrons. The van der Waals surface area contributed by atoms with E-state index in [-0.39, 0.29) is 18.4 Å². The number of nitrogens with one attached hydrogen (secondary N) is 1. The highest BCUT2D eigenvalue weighted by Gasteiger charge is 2.34. The normalized spacial score (nSPS) is 16.8. The first kappa shape index (κ1) is 21.1. The Bertz CT molecular complexity index is 1370. The van der Waals surface area contributed by atoms with Gasteiger partial charge in [-0.25, -0.2) is 4.68 Å². The molecular weight excluding hydrogens is 438 g/mol. The third-order valence-corrected chi connectivity index (χ3v) is 6.34. The summed E-state index contributed by atoms with van der Waals surface area (Å²) in [5.41, 5.74) is 4.26. The second-order valence-corrected chi connectivity index (χ2v) is 9.10. The van der Waals surface area contributed by atoms with Gasteiger partial charge < -0.3 is 15.0 Å². The second kappa shape index (κ2) is 8.32. The van der Waals surface area contributed by atoms with Crippen LogP contribution in [0.2, 0.25) is 0 Å². The van der Waals surface area contributed by atoms with Crippen LogP contribution in [0.15, 0.2) is 57.9 Å². The Labute approximate surface area is 194 Å². The number of aromatic nitrogens is 1. The maximum atomic E-state index is 13.4. The average Bonchev–Trinajstić information content (AvgIpc) is 3.33. The van der Waals surface area contributed by atoms with Gasteiger partial charge in [-0.05, 0) is 30.2 Å². The zero-order chi connectivity index (χ0) is 23.1. The lowest BCUT2D eigenvalue weighted by molar-refractivity contribution is -0.118. The highest BCUT2D eigenvalue weighted by atomic mass is 32.1. The molecule has 2 aromatic carbocycles. The number of rotatable bonds is 4. The number of carbonyl (C=O) groups is 2. The molecule has 0 bridgehead atoms. The summed E-state index contributed by atoms with van der Waals surface area (Å²) in [6.07, 6.45) is 0. The van der Waals surface area contributed by atoms with Gasteiger partial charge >= 0.3 is 0 Å². The number of hydrogen-bond donors (Lipinski definition) is 1. The summed E-state index contributed by atoms with van der Waals surface area (Å²) in [5.74, 6) is 0.624. The topological polar surface area (TPSA) is 88.3 Å². The molecule has 33 heavy (non-hydrogen) atoms. The standard InChI is InChI=1S/C24H23N5O3S/c1-14(2)11-28-18-7-5-4-6-16(18)22(23(28)31)27-29-19(13-33-24(29)25-3)15-8-9-20-17(10-15)26-21(30)12-32-20/h4-10,13-14H,11-12H2,1-3H3,(H,26,30). The molecule has 1 N–H and O–H groups in total. The molecule has 0 atom stereocenters. The fraction of sp³-hybridized carbons (Fsp3) is 0.250. The Morgan fingerprint density at radius 1 is 1.18 bits per heavy atom. The van der Waals surface area contributed by atoms with Crippen molar-refractivity contribution < 1.29 is 14.3 Å². The number of nitrogens with zero attached hydrogens (tertiary/aromatic N) is 4. The Balaban J connectivity index is 1.63. The largest absolute Gasteiger partial charge is 0.482 e. The van der Waals surface area contributed by atoms with Gasteiger partial charge in [-0.2, -0.15) is 5.10 Å². The van der Waals surface area contributed by atoms with E-state index in [9.17, 15) is 9.59 Å². The van der Waals surface area contributed by atoms with Crippen LogP contribution < -0.4 is 19.8 Å². The first-order valence-corrected chi connectivity index (χ1v) is 11.5. The third kappa shape index (κ3) is 3.74. The summed E-state index contributed by atoms with van der Waals surface area (Å²) in [6, 6.07) is 13.3. The summed E-state index contributed by atoms with van der Waals surface area (Å²) in [4.78, 5) is 32.0. The fourth-order valence-corrected chi connectivity index (χ4v) is 4.79. The lowest BCUT2D eigenvalue weighted by Crippen LogP contribution is -2.33. The van der Waals surface area contributed by atoms with Crippen LogP contribution in [0.3, 0.4) is 0 Å². The van der Waals surface area contributed by atoms with E-state index in [2.05, 4.69) is 24.2 Å². The van der Waals surface area contributed by atoms with E-state index in [1.165, 1.54) is 11.3 Å². The van der Waals surface area contributed by atoms with Crippen molar-refractivity contribution >= 4 is 40.2 Å². The number of hydrogen-bond acceptors (Lipinski definition) is 6. The van der Waals surface area contributed by atoms with Crippen molar-refractivity contribution in [2.45, 2.75) is 13.8 Å². The lowest BCUT2D eigenvalue weighted by atomic mass is 10.1. The van der Waals surface area contributed by atoms with Crippen molar-refractivity contribution in [1.29, 1.82) is 0 Å². The van der Waals surface area contributed by atoms with Crippen LogP contribution in [0.1, 0.15) is 19.4 Å². The van der Waals surface area contributed by atoms with E-state index in [4.69, 9.17) is 9.84 Å². The summed E-state index contributed by atoms with van der Waals surface area (Å²) in [5, 5.41) is 9.59. The van der Waals surface area contributed by atoms with E-state index in [1.54, 1.807) is 16.6 Å². The predicted octanol–water partition coefficient (Wildman–Crippen LogP) is 3.33. The summed E-state index contributed by atoms with van der Waals surface area (Å²) in [6.45, 7) is 4.80. The molecule has 2 aliphatic heterocycles. The Morgan fingerprint density at radius 2 is 2.00 bits per heavy atom. The van der Waals surface area contributed by atoms with Crippen molar-refractivity contribution in [3.63, 3.8) is 0 Å². The van der Waals surface area contributed by atoms with Crippen molar-refractivity contribution in [2.75, 3.05) is 30.4 Å². The van der Waals surface area contributed by atoms with Gasteiger partial charge in [0.15, 0.2) is 12.3 Å². The minimum absolute atomic E-state index is 0.00567. The van der Waals surface area contributed by atoms with Crippen LogP contribution >= 0.6 is 11.3 Å². The van der Waals surface area contributed by atoms with Crippen LogP contribution in [0.25, 0.3) is 11.3 Å². The van der Waals surface area contributed by atoms with E-state index in [0.717, 1.165) is 22.5 Å². The molecule has 3 aromatic rings. The van der Waals surface area contributed by atoms with E-state index >= 15 is 0 Å². The highest BCUT2D eigenvalue weighted by Crippen LogP contribution is 2.34. The zero-order valence-corrected chi connectivity index (χ0v) is 19.3. The van der Waals surface area contributed by atoms with Gasteiger partial charge in [0.25, 0.3) is 11.8 Å². The Morgan fingerprint density at radius 3 is 2.79 bits per heavy atom. The average molecular weight is 462 g/mol. The van der Waals surface area contributed by atoms with Gasteiger partial charge in [0.2, 0.25) is 4.80 Å². The minimum Gasteiger partial charge on any atom is -0.482 e. The van der Waals surface area contributed by atoms with Gasteiger partial charge in [-0.1, -0.05) is 32.0 Å². The van der Waals surface area contributed by atoms with Crippen LogP contribution in [0, 0.1) is 5.92 Å². The van der Waals surface area contributed by atoms with E-state index < -0.39 is 0 Å². The minimum atomic E-state index is -0.194. The quantitative estimate of drug-likeness (QED) is 0.646. The Kier molecular flexibility index (Phi) is 5.33. The lowest BCUT2D eigenvalue weighted by Gasteiger charge is -2.19. The molecule has 0 aliphatic carbocycles. The molecule has 0 radical (unpaired) electrons. The van der Waals surface area contributed by atoms with Crippen LogP contribution in [-0.2, 0) is 9.59 Å². The number of ether oxygens (including phenoxy) is 1. The Hall–Kier alpha value is -3.72. The summed E-state index contributed by atoms with van der Waals surface area (Å²) >= 11 is 1.43. The van der Waals surface area contributed by atoms with Crippen LogP contribution in [0.4, 0.5) is 11.4 Å². The number of benzene rings is 2. The van der Waals surface area contributed by atoms with Gasteiger partial charge in [0.1, 0.15) is 5.75 Å². The first-order valence-electron chi connectivity index (χ1n) is 10.7. The van der Waals surface area contributed by atoms with E-state index in [1.807, 2.05) is 47.8 Å². The molecule has 3 heterocycles. The smallest absolute Gasteiger partial charge is 0.279 e. The molecular formula is C24H23N5O3S. The molecule has 0 fully saturated rings. The summed E-state index contributed by atoms with van der Waals surface area (Å²) < 4.78 is 7.17. The molecule has 0 saturated carbocycles. The molecule has 9 heteroatoms. The van der Waals surface area contributed by atoms with Gasteiger partial charge in [0, 0.05) is 30.1 Å². The van der Waals surface area contributed by atoms with E-state index in [0.29, 0.717) is 34.4 Å². The molecule has 2 aliphatic rings. The number of anilines is 2. The highest BCUT2D eigenvalue weighted by molar-refractivity contribution is 7.07. The third-order valence-electron chi connectivity index (χ3n) is 5.43. The van der Waals surface area contributed by atoms with Crippen molar-refractivity contribution in [2.24, 2.45) is 16.0 Å². The first-order chi connectivity index (χ1) is 16.0. The number of amides is 2. The fourth-order valence-electron chi connectivity index (χ4n) is 3.99. The maximum Gasteiger partial charge on any atom is 0.279 e. The number of para-hydroxylation sites is 1. The second-order valence-electron chi connectivity index (χ2n) is 8.26. The monoisotopic (exact) mass is 461 g/mol. The summed E-state index contributed by atoms with van der Waals surface area (Å²) in [7, 11) is 1.70. The zero-order valence-electron chi connectivity index (χ0n) is 18.5. The molecule has 5 rings (SSSR count). The van der Waals surface area contributed by atoms with Crippen molar-refractivity contribution in [1.82, 2.24) is 4.68 Å². The molecule has 1 aromatic heterocycles. The number of thiazole rings is 1. The van der Waals surface area contributed by atoms with Crippen molar-refractivity contribution in [3.8, 4) is 17.0 Å². The van der Waals surface area contributed by atoms with Gasteiger partial charge in [-0.15, -0.1) is 11.3 Å². The van der Waals surface area contributed by atoms with Crippen LogP contribution in [0.5, 0.6) is 5.75 Å². The predicted molar refractivity (Wildman–Crippen MR) is 129 cm³/mol. The molecule has 0 spiro atoms. The maximum absolute atomic E-state index is 13.4. The molecule has 0 unspecified atom stereocenters.